The highest BCUT2D eigenvalue weighted by atomic mass is 32.2. The zero-order chi connectivity index (χ0) is 11.5. The van der Waals surface area contributed by atoms with Crippen molar-refractivity contribution in [3.63, 3.8) is 0 Å². The van der Waals surface area contributed by atoms with E-state index in [1.807, 2.05) is 7.05 Å². The molecule has 0 bridgehead atoms. The average molecular weight is 234 g/mol. The number of hydrogen-bond acceptors (Lipinski definition) is 4. The Kier molecular flexibility index (Phi) is 4.55. The maximum atomic E-state index is 11.2. The first-order valence-corrected chi connectivity index (χ1v) is 7.46. The van der Waals surface area contributed by atoms with Crippen molar-refractivity contribution in [1.29, 1.82) is 0 Å². The van der Waals surface area contributed by atoms with Crippen molar-refractivity contribution in [3.05, 3.63) is 0 Å². The van der Waals surface area contributed by atoms with Crippen LogP contribution >= 0.6 is 0 Å². The highest BCUT2D eigenvalue weighted by molar-refractivity contribution is 7.91. The van der Waals surface area contributed by atoms with E-state index in [9.17, 15) is 8.42 Å². The third kappa shape index (κ3) is 5.49. The molecule has 1 atom stereocenters. The number of likely N-dealkylation sites (N-methyl/N-ethyl adjacent to an activating group) is 1. The van der Waals surface area contributed by atoms with Gasteiger partial charge >= 0.3 is 0 Å². The van der Waals surface area contributed by atoms with E-state index in [0.29, 0.717) is 6.54 Å². The molecule has 0 amide bonds. The van der Waals surface area contributed by atoms with Gasteiger partial charge in [0.15, 0.2) is 9.84 Å². The summed E-state index contributed by atoms with van der Waals surface area (Å²) in [5.74, 6) is 0. The fourth-order valence-corrected chi connectivity index (χ4v) is 1.94. The van der Waals surface area contributed by atoms with Gasteiger partial charge in [0.2, 0.25) is 0 Å². The summed E-state index contributed by atoms with van der Waals surface area (Å²) in [6.45, 7) is 4.25. The molecule has 1 aliphatic carbocycles. The molecule has 0 aliphatic heterocycles. The van der Waals surface area contributed by atoms with Gasteiger partial charge in [-0.2, -0.15) is 0 Å². The SMILES string of the molecule is CC(CN(C)CCNC1CC1)S(C)(=O)=O. The molecule has 1 rings (SSSR count). The number of rotatable bonds is 7. The Labute approximate surface area is 93.0 Å². The van der Waals surface area contributed by atoms with Crippen molar-refractivity contribution >= 4 is 9.84 Å². The van der Waals surface area contributed by atoms with E-state index in [1.54, 1.807) is 6.92 Å². The summed E-state index contributed by atoms with van der Waals surface area (Å²) in [6.07, 6.45) is 3.89. The molecule has 0 aromatic heterocycles. The van der Waals surface area contributed by atoms with Crippen LogP contribution in [0.5, 0.6) is 0 Å². The lowest BCUT2D eigenvalue weighted by Gasteiger charge is -2.20. The molecule has 1 fully saturated rings. The molecule has 1 saturated carbocycles. The van der Waals surface area contributed by atoms with Crippen LogP contribution in [0.1, 0.15) is 19.8 Å². The Morgan fingerprint density at radius 3 is 2.53 bits per heavy atom. The third-order valence-electron chi connectivity index (χ3n) is 2.80. The molecule has 0 spiro atoms. The van der Waals surface area contributed by atoms with E-state index in [0.717, 1.165) is 19.1 Å². The van der Waals surface area contributed by atoms with Crippen LogP contribution in [-0.4, -0.2) is 57.5 Å². The number of hydrogen-bond donors (Lipinski definition) is 1. The number of sulfone groups is 1. The van der Waals surface area contributed by atoms with Crippen LogP contribution < -0.4 is 5.32 Å². The van der Waals surface area contributed by atoms with E-state index in [-0.39, 0.29) is 5.25 Å². The van der Waals surface area contributed by atoms with Gasteiger partial charge in [-0.3, -0.25) is 0 Å². The highest BCUT2D eigenvalue weighted by Crippen LogP contribution is 2.17. The Morgan fingerprint density at radius 2 is 2.07 bits per heavy atom. The van der Waals surface area contributed by atoms with Crippen LogP contribution in [0.25, 0.3) is 0 Å². The van der Waals surface area contributed by atoms with Crippen LogP contribution in [0.4, 0.5) is 0 Å². The fraction of sp³-hybridized carbons (Fsp3) is 1.00. The van der Waals surface area contributed by atoms with Gasteiger partial charge in [0, 0.05) is 31.9 Å². The monoisotopic (exact) mass is 234 g/mol. The number of nitrogens with zero attached hydrogens (tertiary/aromatic N) is 1. The molecule has 1 aliphatic rings. The largest absolute Gasteiger partial charge is 0.313 e. The predicted molar refractivity (Wildman–Crippen MR) is 62.8 cm³/mol. The molecule has 15 heavy (non-hydrogen) atoms. The van der Waals surface area contributed by atoms with Gasteiger partial charge in [-0.25, -0.2) is 8.42 Å². The van der Waals surface area contributed by atoms with Gasteiger partial charge in [0.05, 0.1) is 5.25 Å². The van der Waals surface area contributed by atoms with Crippen molar-refractivity contribution in [2.24, 2.45) is 0 Å². The smallest absolute Gasteiger partial charge is 0.151 e. The molecule has 1 N–H and O–H groups in total. The lowest BCUT2D eigenvalue weighted by Crippen LogP contribution is -2.36. The molecule has 0 heterocycles. The second-order valence-corrected chi connectivity index (χ2v) is 7.09. The molecule has 1 unspecified atom stereocenters. The van der Waals surface area contributed by atoms with Crippen molar-refractivity contribution in [3.8, 4) is 0 Å². The topological polar surface area (TPSA) is 49.4 Å². The zero-order valence-electron chi connectivity index (χ0n) is 9.86. The molecule has 90 valence electrons. The minimum atomic E-state index is -2.89. The first kappa shape index (κ1) is 12.9. The Hall–Kier alpha value is -0.130. The second kappa shape index (κ2) is 5.27. The molecule has 0 aromatic rings. The summed E-state index contributed by atoms with van der Waals surface area (Å²) in [7, 11) is -0.920. The molecule has 5 heteroatoms. The summed E-state index contributed by atoms with van der Waals surface area (Å²) in [6, 6.07) is 0.728. The van der Waals surface area contributed by atoms with Crippen molar-refractivity contribution in [2.45, 2.75) is 31.1 Å². The van der Waals surface area contributed by atoms with Crippen LogP contribution in [0.3, 0.4) is 0 Å². The highest BCUT2D eigenvalue weighted by Gasteiger charge is 2.20. The van der Waals surface area contributed by atoms with E-state index in [2.05, 4.69) is 10.2 Å². The minimum absolute atomic E-state index is 0.275. The molecule has 0 aromatic carbocycles. The minimum Gasteiger partial charge on any atom is -0.313 e. The first-order valence-electron chi connectivity index (χ1n) is 5.50. The van der Waals surface area contributed by atoms with Gasteiger partial charge in [-0.1, -0.05) is 0 Å². The van der Waals surface area contributed by atoms with Crippen LogP contribution in [0.15, 0.2) is 0 Å². The summed E-state index contributed by atoms with van der Waals surface area (Å²) in [5.41, 5.74) is 0. The zero-order valence-corrected chi connectivity index (χ0v) is 10.7. The normalized spacial score (nSPS) is 19.5. The first-order chi connectivity index (χ1) is 6.89. The summed E-state index contributed by atoms with van der Waals surface area (Å²) in [5, 5.41) is 3.13. The fourth-order valence-electron chi connectivity index (χ4n) is 1.41. The third-order valence-corrected chi connectivity index (χ3v) is 4.41. The van der Waals surface area contributed by atoms with Crippen LogP contribution in [0.2, 0.25) is 0 Å². The summed E-state index contributed by atoms with van der Waals surface area (Å²) < 4.78 is 22.4. The van der Waals surface area contributed by atoms with Gasteiger partial charge < -0.3 is 10.2 Å². The maximum absolute atomic E-state index is 11.2. The van der Waals surface area contributed by atoms with Gasteiger partial charge in [0.1, 0.15) is 0 Å². The maximum Gasteiger partial charge on any atom is 0.151 e. The average Bonchev–Trinajstić information content (AvgIpc) is 2.86. The van der Waals surface area contributed by atoms with Crippen molar-refractivity contribution < 1.29 is 8.42 Å². The molecular weight excluding hydrogens is 212 g/mol. The van der Waals surface area contributed by atoms with E-state index >= 15 is 0 Å². The molecule has 0 radical (unpaired) electrons. The summed E-state index contributed by atoms with van der Waals surface area (Å²) in [4.78, 5) is 2.07. The van der Waals surface area contributed by atoms with Gasteiger partial charge in [-0.15, -0.1) is 0 Å². The second-order valence-electron chi connectivity index (χ2n) is 4.63. The standard InChI is InChI=1S/C10H22N2O2S/c1-9(15(3,13)14)8-12(2)7-6-11-10-4-5-10/h9-11H,4-8H2,1-3H3. The van der Waals surface area contributed by atoms with Crippen LogP contribution in [-0.2, 0) is 9.84 Å². The molecule has 4 nitrogen and oxygen atoms in total. The van der Waals surface area contributed by atoms with Gasteiger partial charge in [-0.05, 0) is 26.8 Å². The summed E-state index contributed by atoms with van der Waals surface area (Å²) >= 11 is 0. The lowest BCUT2D eigenvalue weighted by molar-refractivity contribution is 0.332. The van der Waals surface area contributed by atoms with Crippen molar-refractivity contribution in [1.82, 2.24) is 10.2 Å². The Balaban J connectivity index is 2.13. The number of nitrogens with one attached hydrogen (secondary N) is 1. The predicted octanol–water partition coefficient (Wildman–Crippen LogP) is 0.103. The Morgan fingerprint density at radius 1 is 1.47 bits per heavy atom. The van der Waals surface area contributed by atoms with E-state index in [1.165, 1.54) is 19.1 Å². The van der Waals surface area contributed by atoms with E-state index < -0.39 is 9.84 Å². The van der Waals surface area contributed by atoms with Gasteiger partial charge in [0.25, 0.3) is 0 Å². The quantitative estimate of drug-likeness (QED) is 0.679. The molecular formula is C10H22N2O2S. The molecule has 0 saturated heterocycles. The van der Waals surface area contributed by atoms with E-state index in [4.69, 9.17) is 0 Å². The Bertz CT molecular complexity index is 286. The van der Waals surface area contributed by atoms with Crippen molar-refractivity contribution in [2.75, 3.05) is 32.9 Å². The lowest BCUT2D eigenvalue weighted by atomic mass is 10.4. The van der Waals surface area contributed by atoms with Crippen LogP contribution in [0, 0.1) is 0 Å².